The fourth-order valence-electron chi connectivity index (χ4n) is 1.60. The van der Waals surface area contributed by atoms with Crippen molar-refractivity contribution in [2.24, 2.45) is 0 Å². The molecular formula is C12H13N3O. The van der Waals surface area contributed by atoms with Gasteiger partial charge in [0.15, 0.2) is 5.78 Å². The Kier molecular flexibility index (Phi) is 3.10. The largest absolute Gasteiger partial charge is 0.292 e. The molecule has 0 saturated heterocycles. The van der Waals surface area contributed by atoms with Crippen LogP contribution < -0.4 is 0 Å². The maximum atomic E-state index is 12.0. The molecule has 0 bridgehead atoms. The first-order chi connectivity index (χ1) is 7.81. The standard InChI is InChI=1S/C12H13N3O/c1-2-15-11(5-8-14-15)12(16)9-10-3-6-13-7-4-10/h3-8H,2,9H2,1H3. The van der Waals surface area contributed by atoms with Gasteiger partial charge < -0.3 is 0 Å². The summed E-state index contributed by atoms with van der Waals surface area (Å²) in [5.41, 5.74) is 1.64. The Hall–Kier alpha value is -1.97. The first-order valence-electron chi connectivity index (χ1n) is 5.25. The molecule has 16 heavy (non-hydrogen) atoms. The monoisotopic (exact) mass is 215 g/mol. The number of Topliss-reactive ketones (excluding diaryl/α,β-unsaturated/α-hetero) is 1. The lowest BCUT2D eigenvalue weighted by atomic mass is 10.1. The van der Waals surface area contributed by atoms with Crippen molar-refractivity contribution in [3.05, 3.63) is 48.0 Å². The van der Waals surface area contributed by atoms with Crippen molar-refractivity contribution in [2.45, 2.75) is 19.9 Å². The summed E-state index contributed by atoms with van der Waals surface area (Å²) in [4.78, 5) is 15.9. The van der Waals surface area contributed by atoms with E-state index in [9.17, 15) is 4.79 Å². The lowest BCUT2D eigenvalue weighted by Crippen LogP contribution is -2.11. The lowest BCUT2D eigenvalue weighted by molar-refractivity contribution is 0.0983. The Morgan fingerprint density at radius 1 is 1.25 bits per heavy atom. The number of hydrogen-bond acceptors (Lipinski definition) is 3. The molecule has 0 spiro atoms. The highest BCUT2D eigenvalue weighted by Crippen LogP contribution is 2.06. The van der Waals surface area contributed by atoms with E-state index in [1.165, 1.54) is 0 Å². The van der Waals surface area contributed by atoms with Crippen LogP contribution in [0.1, 0.15) is 23.0 Å². The minimum atomic E-state index is 0.0885. The van der Waals surface area contributed by atoms with Crippen LogP contribution in [0.5, 0.6) is 0 Å². The summed E-state index contributed by atoms with van der Waals surface area (Å²) < 4.78 is 1.71. The van der Waals surface area contributed by atoms with Crippen LogP contribution in [0.15, 0.2) is 36.8 Å². The van der Waals surface area contributed by atoms with Crippen molar-refractivity contribution in [2.75, 3.05) is 0 Å². The molecule has 0 amide bonds. The van der Waals surface area contributed by atoms with Crippen LogP contribution in [0.3, 0.4) is 0 Å². The maximum absolute atomic E-state index is 12.0. The summed E-state index contributed by atoms with van der Waals surface area (Å²) in [6.07, 6.45) is 5.44. The van der Waals surface area contributed by atoms with E-state index in [4.69, 9.17) is 0 Å². The van der Waals surface area contributed by atoms with E-state index in [1.807, 2.05) is 19.1 Å². The summed E-state index contributed by atoms with van der Waals surface area (Å²) in [7, 11) is 0. The molecule has 0 radical (unpaired) electrons. The molecule has 2 heterocycles. The number of nitrogens with zero attached hydrogens (tertiary/aromatic N) is 3. The maximum Gasteiger partial charge on any atom is 0.185 e. The van der Waals surface area contributed by atoms with Gasteiger partial charge in [0.2, 0.25) is 0 Å². The molecule has 0 saturated carbocycles. The highest BCUT2D eigenvalue weighted by Gasteiger charge is 2.11. The lowest BCUT2D eigenvalue weighted by Gasteiger charge is -2.03. The zero-order chi connectivity index (χ0) is 11.4. The average Bonchev–Trinajstić information content (AvgIpc) is 2.78. The Balaban J connectivity index is 2.15. The number of carbonyl (C=O) groups excluding carboxylic acids is 1. The molecule has 0 unspecified atom stereocenters. The summed E-state index contributed by atoms with van der Waals surface area (Å²) in [6.45, 7) is 2.68. The second-order valence-corrected chi connectivity index (χ2v) is 3.49. The molecule has 0 aromatic carbocycles. The van der Waals surface area contributed by atoms with Crippen molar-refractivity contribution < 1.29 is 4.79 Å². The van der Waals surface area contributed by atoms with Gasteiger partial charge in [-0.15, -0.1) is 0 Å². The zero-order valence-electron chi connectivity index (χ0n) is 9.13. The van der Waals surface area contributed by atoms with E-state index in [2.05, 4.69) is 10.1 Å². The number of ketones is 1. The number of rotatable bonds is 4. The van der Waals surface area contributed by atoms with Gasteiger partial charge in [0.25, 0.3) is 0 Å². The van der Waals surface area contributed by atoms with Gasteiger partial charge in [0.05, 0.1) is 0 Å². The minimum Gasteiger partial charge on any atom is -0.292 e. The van der Waals surface area contributed by atoms with Crippen LogP contribution >= 0.6 is 0 Å². The number of hydrogen-bond donors (Lipinski definition) is 0. The molecule has 4 nitrogen and oxygen atoms in total. The van der Waals surface area contributed by atoms with Crippen molar-refractivity contribution in [3.63, 3.8) is 0 Å². The van der Waals surface area contributed by atoms with Crippen molar-refractivity contribution >= 4 is 5.78 Å². The third kappa shape index (κ3) is 2.16. The fourth-order valence-corrected chi connectivity index (χ4v) is 1.60. The van der Waals surface area contributed by atoms with Crippen LogP contribution in [-0.4, -0.2) is 20.5 Å². The van der Waals surface area contributed by atoms with Gasteiger partial charge in [-0.25, -0.2) is 0 Å². The van der Waals surface area contributed by atoms with Crippen molar-refractivity contribution in [1.29, 1.82) is 0 Å². The smallest absolute Gasteiger partial charge is 0.185 e. The SMILES string of the molecule is CCn1nccc1C(=O)Cc1ccncc1. The molecule has 2 rings (SSSR count). The Morgan fingerprint density at radius 2 is 2.00 bits per heavy atom. The summed E-state index contributed by atoms with van der Waals surface area (Å²) in [6, 6.07) is 5.46. The summed E-state index contributed by atoms with van der Waals surface area (Å²) in [5, 5.41) is 4.08. The van der Waals surface area contributed by atoms with Crippen LogP contribution in [0.25, 0.3) is 0 Å². The Labute approximate surface area is 93.9 Å². The number of aromatic nitrogens is 3. The van der Waals surface area contributed by atoms with E-state index in [0.717, 1.165) is 5.56 Å². The third-order valence-electron chi connectivity index (χ3n) is 2.42. The summed E-state index contributed by atoms with van der Waals surface area (Å²) >= 11 is 0. The first-order valence-corrected chi connectivity index (χ1v) is 5.25. The highest BCUT2D eigenvalue weighted by molar-refractivity contribution is 5.95. The van der Waals surface area contributed by atoms with Gasteiger partial charge >= 0.3 is 0 Å². The third-order valence-corrected chi connectivity index (χ3v) is 2.42. The predicted octanol–water partition coefficient (Wildman–Crippen LogP) is 1.72. The van der Waals surface area contributed by atoms with E-state index in [-0.39, 0.29) is 5.78 Å². The Bertz CT molecular complexity index is 476. The number of pyridine rings is 1. The molecule has 4 heteroatoms. The van der Waals surface area contributed by atoms with Crippen LogP contribution in [-0.2, 0) is 13.0 Å². The molecule has 0 fully saturated rings. The molecule has 2 aromatic rings. The first kappa shape index (κ1) is 10.5. The van der Waals surface area contributed by atoms with Crippen molar-refractivity contribution in [3.8, 4) is 0 Å². The average molecular weight is 215 g/mol. The molecule has 0 aliphatic carbocycles. The molecular weight excluding hydrogens is 202 g/mol. The van der Waals surface area contributed by atoms with Gasteiger partial charge in [-0.1, -0.05) is 0 Å². The second-order valence-electron chi connectivity index (χ2n) is 3.49. The van der Waals surface area contributed by atoms with Gasteiger partial charge in [-0.05, 0) is 30.7 Å². The van der Waals surface area contributed by atoms with Crippen LogP contribution in [0.4, 0.5) is 0 Å². The zero-order valence-corrected chi connectivity index (χ0v) is 9.13. The molecule has 0 N–H and O–H groups in total. The summed E-state index contributed by atoms with van der Waals surface area (Å²) in [5.74, 6) is 0.0885. The second kappa shape index (κ2) is 4.70. The van der Waals surface area contributed by atoms with Crippen LogP contribution in [0, 0.1) is 0 Å². The predicted molar refractivity (Wildman–Crippen MR) is 60.2 cm³/mol. The molecule has 82 valence electrons. The quantitative estimate of drug-likeness (QED) is 0.730. The highest BCUT2D eigenvalue weighted by atomic mass is 16.1. The number of aryl methyl sites for hydroxylation is 1. The van der Waals surface area contributed by atoms with Crippen molar-refractivity contribution in [1.82, 2.24) is 14.8 Å². The van der Waals surface area contributed by atoms with E-state index >= 15 is 0 Å². The van der Waals surface area contributed by atoms with Gasteiger partial charge in [-0.2, -0.15) is 5.10 Å². The van der Waals surface area contributed by atoms with E-state index < -0.39 is 0 Å². The molecule has 0 aliphatic rings. The molecule has 0 aliphatic heterocycles. The van der Waals surface area contributed by atoms with Crippen LogP contribution in [0.2, 0.25) is 0 Å². The molecule has 2 aromatic heterocycles. The molecule has 0 atom stereocenters. The minimum absolute atomic E-state index is 0.0885. The van der Waals surface area contributed by atoms with E-state index in [0.29, 0.717) is 18.7 Å². The van der Waals surface area contributed by atoms with Gasteiger partial charge in [0.1, 0.15) is 5.69 Å². The fraction of sp³-hybridized carbons (Fsp3) is 0.250. The normalized spacial score (nSPS) is 10.3. The Morgan fingerprint density at radius 3 is 2.69 bits per heavy atom. The topological polar surface area (TPSA) is 47.8 Å². The van der Waals surface area contributed by atoms with Gasteiger partial charge in [-0.3, -0.25) is 14.5 Å². The number of carbonyl (C=O) groups is 1. The van der Waals surface area contributed by atoms with Gasteiger partial charge in [0, 0.05) is 31.6 Å². The van der Waals surface area contributed by atoms with E-state index in [1.54, 1.807) is 29.3 Å².